The van der Waals surface area contributed by atoms with Gasteiger partial charge in [0.05, 0.1) is 13.3 Å². The van der Waals surface area contributed by atoms with Crippen LogP contribution in [0, 0.1) is 0 Å². The summed E-state index contributed by atoms with van der Waals surface area (Å²) in [5.74, 6) is -0.900. The Bertz CT molecular complexity index is 546. The van der Waals surface area contributed by atoms with Gasteiger partial charge < -0.3 is 10.1 Å². The fourth-order valence-corrected chi connectivity index (χ4v) is 1.79. The smallest absolute Gasteiger partial charge is 0.329 e. The van der Waals surface area contributed by atoms with E-state index < -0.39 is 11.8 Å². The number of benzene rings is 1. The number of carbonyl (C=O) groups is 2. The van der Waals surface area contributed by atoms with Crippen LogP contribution in [0.2, 0.25) is 0 Å². The molecule has 0 spiro atoms. The number of hydrazone groups is 1. The topological polar surface area (TPSA) is 79.8 Å². The third-order valence-electron chi connectivity index (χ3n) is 2.76. The molecule has 6 nitrogen and oxygen atoms in total. The van der Waals surface area contributed by atoms with Crippen LogP contribution in [0.3, 0.4) is 0 Å². The molecule has 21 heavy (non-hydrogen) atoms. The minimum absolute atomic E-state index is 0.0580. The molecule has 7 heteroatoms. The molecule has 0 aliphatic carbocycles. The summed E-state index contributed by atoms with van der Waals surface area (Å²) in [6, 6.07) is 5.32. The monoisotopic (exact) mass is 355 g/mol. The molecule has 0 saturated heterocycles. The summed E-state index contributed by atoms with van der Waals surface area (Å²) in [5, 5.41) is 6.31. The molecule has 0 aromatic heterocycles. The highest BCUT2D eigenvalue weighted by Crippen LogP contribution is 2.21. The first kappa shape index (κ1) is 17.2. The molecule has 0 radical (unpaired) electrons. The largest absolute Gasteiger partial charge is 0.496 e. The summed E-state index contributed by atoms with van der Waals surface area (Å²) < 4.78 is 6.02. The molecule has 1 rings (SSSR count). The van der Waals surface area contributed by atoms with Crippen LogP contribution in [-0.2, 0) is 9.59 Å². The lowest BCUT2D eigenvalue weighted by Gasteiger charge is -2.09. The predicted molar refractivity (Wildman–Crippen MR) is 84.3 cm³/mol. The Morgan fingerprint density at radius 3 is 2.76 bits per heavy atom. The van der Waals surface area contributed by atoms with E-state index in [0.717, 1.165) is 10.9 Å². The van der Waals surface area contributed by atoms with Crippen LogP contribution < -0.4 is 15.5 Å². The maximum Gasteiger partial charge on any atom is 0.329 e. The zero-order valence-corrected chi connectivity index (χ0v) is 13.7. The van der Waals surface area contributed by atoms with Gasteiger partial charge >= 0.3 is 11.8 Å². The quantitative estimate of drug-likeness (QED) is 0.480. The van der Waals surface area contributed by atoms with E-state index in [9.17, 15) is 9.59 Å². The van der Waals surface area contributed by atoms with Crippen molar-refractivity contribution >= 4 is 34.0 Å². The predicted octanol–water partition coefficient (Wildman–Crippen LogP) is 1.82. The number of methoxy groups -OCH3 is 1. The third kappa shape index (κ3) is 5.55. The van der Waals surface area contributed by atoms with Gasteiger partial charge in [0.15, 0.2) is 0 Å². The molecular formula is C14H18BrN3O3. The summed E-state index contributed by atoms with van der Waals surface area (Å²) in [6.45, 7) is 3.74. The number of ether oxygens (including phenoxy) is 1. The maximum atomic E-state index is 11.5. The van der Waals surface area contributed by atoms with Crippen LogP contribution in [0.4, 0.5) is 0 Å². The average Bonchev–Trinajstić information content (AvgIpc) is 2.47. The number of carbonyl (C=O) groups excluding carboxylic acids is 2. The lowest BCUT2D eigenvalue weighted by atomic mass is 10.2. The Morgan fingerprint density at radius 2 is 2.14 bits per heavy atom. The fraction of sp³-hybridized carbons (Fsp3) is 0.357. The second-order valence-corrected chi connectivity index (χ2v) is 5.28. The molecule has 0 bridgehead atoms. The highest BCUT2D eigenvalue weighted by atomic mass is 79.9. The standard InChI is InChI=1S/C14H18BrN3O3/c1-4-9(2)17-13(19)14(20)18-16-8-10-7-11(15)5-6-12(10)21-3/h5-9H,4H2,1-3H3,(H,17,19)(H,18,20)/b16-8-/t9-/m1/s1. The Kier molecular flexibility index (Phi) is 6.87. The van der Waals surface area contributed by atoms with Crippen molar-refractivity contribution in [2.24, 2.45) is 5.10 Å². The molecule has 114 valence electrons. The number of nitrogens with zero attached hydrogens (tertiary/aromatic N) is 1. The number of nitrogens with one attached hydrogen (secondary N) is 2. The second-order valence-electron chi connectivity index (χ2n) is 4.37. The summed E-state index contributed by atoms with van der Waals surface area (Å²) in [5.41, 5.74) is 2.85. The molecule has 1 atom stereocenters. The van der Waals surface area contributed by atoms with Gasteiger partial charge in [0, 0.05) is 16.1 Å². The molecule has 1 aromatic rings. The zero-order chi connectivity index (χ0) is 15.8. The van der Waals surface area contributed by atoms with Crippen LogP contribution in [-0.4, -0.2) is 31.2 Å². The summed E-state index contributed by atoms with van der Waals surface area (Å²) >= 11 is 3.34. The van der Waals surface area contributed by atoms with Crippen molar-refractivity contribution in [3.05, 3.63) is 28.2 Å². The van der Waals surface area contributed by atoms with Gasteiger partial charge in [-0.3, -0.25) is 9.59 Å². The number of hydrogen-bond donors (Lipinski definition) is 2. The van der Waals surface area contributed by atoms with Crippen LogP contribution in [0.15, 0.2) is 27.8 Å². The third-order valence-corrected chi connectivity index (χ3v) is 3.25. The number of hydrogen-bond acceptors (Lipinski definition) is 4. The van der Waals surface area contributed by atoms with Crippen molar-refractivity contribution in [1.29, 1.82) is 0 Å². The normalized spacial score (nSPS) is 12.0. The van der Waals surface area contributed by atoms with E-state index in [2.05, 4.69) is 31.8 Å². The molecule has 0 heterocycles. The van der Waals surface area contributed by atoms with E-state index in [4.69, 9.17) is 4.74 Å². The molecule has 1 aromatic carbocycles. The molecule has 0 fully saturated rings. The number of amides is 2. The summed E-state index contributed by atoms with van der Waals surface area (Å²) in [6.07, 6.45) is 2.16. The lowest BCUT2D eigenvalue weighted by molar-refractivity contribution is -0.139. The van der Waals surface area contributed by atoms with Gasteiger partial charge in [0.2, 0.25) is 0 Å². The van der Waals surface area contributed by atoms with E-state index in [1.54, 1.807) is 19.2 Å². The first-order chi connectivity index (χ1) is 9.97. The van der Waals surface area contributed by atoms with Crippen molar-refractivity contribution in [1.82, 2.24) is 10.7 Å². The van der Waals surface area contributed by atoms with Crippen LogP contribution in [0.25, 0.3) is 0 Å². The summed E-state index contributed by atoms with van der Waals surface area (Å²) in [4.78, 5) is 23.0. The van der Waals surface area contributed by atoms with Crippen LogP contribution >= 0.6 is 15.9 Å². The highest BCUT2D eigenvalue weighted by Gasteiger charge is 2.14. The van der Waals surface area contributed by atoms with Gasteiger partial charge in [-0.15, -0.1) is 0 Å². The van der Waals surface area contributed by atoms with Crippen molar-refractivity contribution < 1.29 is 14.3 Å². The second kappa shape index (κ2) is 8.41. The van der Waals surface area contributed by atoms with Gasteiger partial charge in [0.25, 0.3) is 0 Å². The fourth-order valence-electron chi connectivity index (χ4n) is 1.41. The Balaban J connectivity index is 2.64. The van der Waals surface area contributed by atoms with E-state index in [1.807, 2.05) is 19.9 Å². The Hall–Kier alpha value is -1.89. The first-order valence-corrected chi connectivity index (χ1v) is 7.24. The highest BCUT2D eigenvalue weighted by molar-refractivity contribution is 9.10. The molecule has 0 aliphatic rings. The van der Waals surface area contributed by atoms with Crippen molar-refractivity contribution in [3.63, 3.8) is 0 Å². The molecule has 0 unspecified atom stereocenters. The average molecular weight is 356 g/mol. The van der Waals surface area contributed by atoms with E-state index in [0.29, 0.717) is 11.3 Å². The van der Waals surface area contributed by atoms with Gasteiger partial charge in [-0.25, -0.2) is 5.43 Å². The zero-order valence-electron chi connectivity index (χ0n) is 12.1. The molecular weight excluding hydrogens is 338 g/mol. The van der Waals surface area contributed by atoms with Gasteiger partial charge in [-0.05, 0) is 31.5 Å². The molecule has 0 aliphatic heterocycles. The van der Waals surface area contributed by atoms with Crippen molar-refractivity contribution in [2.45, 2.75) is 26.3 Å². The molecule has 0 saturated carbocycles. The van der Waals surface area contributed by atoms with Gasteiger partial charge in [0.1, 0.15) is 5.75 Å². The van der Waals surface area contributed by atoms with Crippen LogP contribution in [0.1, 0.15) is 25.8 Å². The van der Waals surface area contributed by atoms with Crippen molar-refractivity contribution in [3.8, 4) is 5.75 Å². The maximum absolute atomic E-state index is 11.5. The Labute approximate surface area is 132 Å². The lowest BCUT2D eigenvalue weighted by Crippen LogP contribution is -2.41. The van der Waals surface area contributed by atoms with Gasteiger partial charge in [-0.1, -0.05) is 22.9 Å². The van der Waals surface area contributed by atoms with E-state index in [1.165, 1.54) is 6.21 Å². The number of halogens is 1. The van der Waals surface area contributed by atoms with Gasteiger partial charge in [-0.2, -0.15) is 5.10 Å². The minimum Gasteiger partial charge on any atom is -0.496 e. The van der Waals surface area contributed by atoms with Crippen LogP contribution in [0.5, 0.6) is 5.75 Å². The first-order valence-electron chi connectivity index (χ1n) is 6.45. The SMILES string of the molecule is CC[C@@H](C)NC(=O)C(=O)N/N=C\c1cc(Br)ccc1OC. The molecule has 2 amide bonds. The Morgan fingerprint density at radius 1 is 1.43 bits per heavy atom. The van der Waals surface area contributed by atoms with Crippen molar-refractivity contribution in [2.75, 3.05) is 7.11 Å². The summed E-state index contributed by atoms with van der Waals surface area (Å²) in [7, 11) is 1.54. The van der Waals surface area contributed by atoms with E-state index in [-0.39, 0.29) is 6.04 Å². The number of rotatable bonds is 5. The molecule has 2 N–H and O–H groups in total. The minimum atomic E-state index is -0.805. The van der Waals surface area contributed by atoms with E-state index >= 15 is 0 Å².